The summed E-state index contributed by atoms with van der Waals surface area (Å²) in [4.78, 5) is 23.2. The molecule has 0 aliphatic carbocycles. The van der Waals surface area contributed by atoms with E-state index in [2.05, 4.69) is 5.32 Å². The van der Waals surface area contributed by atoms with E-state index in [4.69, 9.17) is 14.9 Å². The third-order valence-electron chi connectivity index (χ3n) is 3.70. The van der Waals surface area contributed by atoms with Crippen LogP contribution in [0.15, 0.2) is 59.0 Å². The molecule has 1 aromatic heterocycles. The number of hydrogen-bond donors (Lipinski definition) is 2. The number of nitrogens with two attached hydrogens (primary N) is 1. The van der Waals surface area contributed by atoms with Crippen molar-refractivity contribution in [1.29, 1.82) is 0 Å². The lowest BCUT2D eigenvalue weighted by Gasteiger charge is -2.12. The molecule has 0 bridgehead atoms. The summed E-state index contributed by atoms with van der Waals surface area (Å²) in [6, 6.07) is 15.8. The number of benzene rings is 2. The van der Waals surface area contributed by atoms with E-state index in [9.17, 15) is 9.59 Å². The normalized spacial score (nSPS) is 11.9. The Balaban J connectivity index is 1.70. The Hall–Kier alpha value is -3.28. The van der Waals surface area contributed by atoms with Crippen molar-refractivity contribution >= 4 is 22.8 Å². The minimum atomic E-state index is -0.576. The van der Waals surface area contributed by atoms with E-state index in [1.165, 1.54) is 0 Å². The molecular weight excluding hydrogens is 320 g/mol. The molecule has 1 atom stereocenters. The van der Waals surface area contributed by atoms with Gasteiger partial charge in [-0.15, -0.1) is 0 Å². The molecule has 1 unspecified atom stereocenters. The lowest BCUT2D eigenvalue weighted by Crippen LogP contribution is -2.26. The first-order valence-corrected chi connectivity index (χ1v) is 7.83. The SMILES string of the molecule is CC(NC(=O)c1cccc(OCC(N)=O)c1)c1cc2ccccc2o1. The maximum absolute atomic E-state index is 12.4. The molecule has 0 fully saturated rings. The minimum absolute atomic E-state index is 0.236. The van der Waals surface area contributed by atoms with Gasteiger partial charge in [-0.2, -0.15) is 0 Å². The highest BCUT2D eigenvalue weighted by Crippen LogP contribution is 2.24. The van der Waals surface area contributed by atoms with Crippen LogP contribution < -0.4 is 15.8 Å². The second-order valence-electron chi connectivity index (χ2n) is 5.66. The first kappa shape index (κ1) is 16.6. The average Bonchev–Trinajstić information content (AvgIpc) is 3.04. The van der Waals surface area contributed by atoms with Crippen LogP contribution in [0.1, 0.15) is 29.1 Å². The van der Waals surface area contributed by atoms with Gasteiger partial charge in [-0.3, -0.25) is 9.59 Å². The second-order valence-corrected chi connectivity index (χ2v) is 5.66. The topological polar surface area (TPSA) is 94.6 Å². The smallest absolute Gasteiger partial charge is 0.255 e. The first-order chi connectivity index (χ1) is 12.0. The van der Waals surface area contributed by atoms with Gasteiger partial charge in [0.2, 0.25) is 0 Å². The Morgan fingerprint density at radius 3 is 2.72 bits per heavy atom. The molecule has 1 heterocycles. The number of hydrogen-bond acceptors (Lipinski definition) is 4. The highest BCUT2D eigenvalue weighted by molar-refractivity contribution is 5.94. The van der Waals surface area contributed by atoms with Crippen molar-refractivity contribution in [2.75, 3.05) is 6.61 Å². The van der Waals surface area contributed by atoms with Crippen LogP contribution in [0.4, 0.5) is 0 Å². The number of carbonyl (C=O) groups excluding carboxylic acids is 2. The zero-order valence-electron chi connectivity index (χ0n) is 13.7. The molecule has 0 saturated heterocycles. The van der Waals surface area contributed by atoms with E-state index in [0.29, 0.717) is 17.1 Å². The minimum Gasteiger partial charge on any atom is -0.484 e. The molecule has 3 N–H and O–H groups in total. The van der Waals surface area contributed by atoms with Crippen molar-refractivity contribution in [1.82, 2.24) is 5.32 Å². The quantitative estimate of drug-likeness (QED) is 0.722. The summed E-state index contributed by atoms with van der Waals surface area (Å²) in [5.74, 6) is 0.240. The third kappa shape index (κ3) is 3.98. The van der Waals surface area contributed by atoms with Gasteiger partial charge in [0, 0.05) is 10.9 Å². The highest BCUT2D eigenvalue weighted by atomic mass is 16.5. The molecule has 2 amide bonds. The number of primary amides is 1. The van der Waals surface area contributed by atoms with Crippen molar-refractivity contribution in [3.8, 4) is 5.75 Å². The summed E-state index contributed by atoms with van der Waals surface area (Å²) < 4.78 is 11.0. The standard InChI is InChI=1S/C19H18N2O4/c1-12(17-10-13-5-2-3-8-16(13)25-17)21-19(23)14-6-4-7-15(9-14)24-11-18(20)22/h2-10,12H,11H2,1H3,(H2,20,22)(H,21,23). The Morgan fingerprint density at radius 2 is 1.96 bits per heavy atom. The van der Waals surface area contributed by atoms with Crippen LogP contribution in [0.5, 0.6) is 5.75 Å². The van der Waals surface area contributed by atoms with Crippen LogP contribution in [-0.2, 0) is 4.79 Å². The molecule has 3 aromatic rings. The zero-order valence-corrected chi connectivity index (χ0v) is 13.7. The largest absolute Gasteiger partial charge is 0.484 e. The van der Waals surface area contributed by atoms with Crippen LogP contribution in [-0.4, -0.2) is 18.4 Å². The van der Waals surface area contributed by atoms with Gasteiger partial charge in [0.05, 0.1) is 6.04 Å². The Morgan fingerprint density at radius 1 is 1.16 bits per heavy atom. The van der Waals surface area contributed by atoms with Crippen LogP contribution in [0.3, 0.4) is 0 Å². The Bertz CT molecular complexity index is 883. The van der Waals surface area contributed by atoms with Crippen molar-refractivity contribution < 1.29 is 18.7 Å². The van der Waals surface area contributed by atoms with Crippen LogP contribution in [0.2, 0.25) is 0 Å². The van der Waals surface area contributed by atoms with Gasteiger partial charge in [-0.25, -0.2) is 0 Å². The van der Waals surface area contributed by atoms with Gasteiger partial charge >= 0.3 is 0 Å². The summed E-state index contributed by atoms with van der Waals surface area (Å²) in [5.41, 5.74) is 6.25. The summed E-state index contributed by atoms with van der Waals surface area (Å²) in [5, 5.41) is 3.87. The Kier molecular flexibility index (Phi) is 4.70. The predicted molar refractivity (Wildman–Crippen MR) is 93.2 cm³/mol. The molecule has 6 heteroatoms. The van der Waals surface area contributed by atoms with E-state index in [1.807, 2.05) is 37.3 Å². The average molecular weight is 338 g/mol. The van der Waals surface area contributed by atoms with Crippen LogP contribution in [0.25, 0.3) is 11.0 Å². The number of para-hydroxylation sites is 1. The van der Waals surface area contributed by atoms with Gasteiger partial charge in [-0.05, 0) is 37.3 Å². The molecule has 3 rings (SSSR count). The van der Waals surface area contributed by atoms with Crippen LogP contribution >= 0.6 is 0 Å². The summed E-state index contributed by atoms with van der Waals surface area (Å²) in [7, 11) is 0. The molecular formula is C19H18N2O4. The van der Waals surface area contributed by atoms with Crippen molar-refractivity contribution in [3.63, 3.8) is 0 Å². The molecule has 25 heavy (non-hydrogen) atoms. The second kappa shape index (κ2) is 7.09. The number of furan rings is 1. The lowest BCUT2D eigenvalue weighted by atomic mass is 10.1. The fourth-order valence-corrected chi connectivity index (χ4v) is 2.45. The number of carbonyl (C=O) groups is 2. The molecule has 6 nitrogen and oxygen atoms in total. The molecule has 0 radical (unpaired) electrons. The number of fused-ring (bicyclic) bond motifs is 1. The monoisotopic (exact) mass is 338 g/mol. The van der Waals surface area contributed by atoms with E-state index in [0.717, 1.165) is 11.0 Å². The third-order valence-corrected chi connectivity index (χ3v) is 3.70. The number of nitrogens with one attached hydrogen (secondary N) is 1. The molecule has 0 aliphatic heterocycles. The van der Waals surface area contributed by atoms with Crippen molar-refractivity contribution in [3.05, 3.63) is 65.9 Å². The van der Waals surface area contributed by atoms with E-state index >= 15 is 0 Å². The van der Waals surface area contributed by atoms with Gasteiger partial charge in [-0.1, -0.05) is 24.3 Å². The molecule has 0 saturated carbocycles. The van der Waals surface area contributed by atoms with Gasteiger partial charge in [0.1, 0.15) is 17.1 Å². The fourth-order valence-electron chi connectivity index (χ4n) is 2.45. The van der Waals surface area contributed by atoms with Crippen molar-refractivity contribution in [2.24, 2.45) is 5.73 Å². The van der Waals surface area contributed by atoms with E-state index in [-0.39, 0.29) is 18.6 Å². The summed E-state index contributed by atoms with van der Waals surface area (Å²) >= 11 is 0. The van der Waals surface area contributed by atoms with E-state index < -0.39 is 5.91 Å². The molecule has 128 valence electrons. The predicted octanol–water partition coefficient (Wildman–Crippen LogP) is 2.79. The van der Waals surface area contributed by atoms with Crippen molar-refractivity contribution in [2.45, 2.75) is 13.0 Å². The van der Waals surface area contributed by atoms with E-state index in [1.54, 1.807) is 24.3 Å². The fraction of sp³-hybridized carbons (Fsp3) is 0.158. The number of amides is 2. The first-order valence-electron chi connectivity index (χ1n) is 7.83. The summed E-state index contributed by atoms with van der Waals surface area (Å²) in [6.45, 7) is 1.61. The number of rotatable bonds is 6. The van der Waals surface area contributed by atoms with Crippen LogP contribution in [0, 0.1) is 0 Å². The molecule has 0 aliphatic rings. The molecule has 2 aromatic carbocycles. The van der Waals surface area contributed by atoms with Gasteiger partial charge in [0.15, 0.2) is 6.61 Å². The zero-order chi connectivity index (χ0) is 17.8. The summed E-state index contributed by atoms with van der Waals surface area (Å²) in [6.07, 6.45) is 0. The lowest BCUT2D eigenvalue weighted by molar-refractivity contribution is -0.119. The highest BCUT2D eigenvalue weighted by Gasteiger charge is 2.15. The maximum atomic E-state index is 12.4. The molecule has 0 spiro atoms. The number of ether oxygens (including phenoxy) is 1. The Labute approximate surface area is 144 Å². The van der Waals surface area contributed by atoms with Gasteiger partial charge < -0.3 is 20.2 Å². The maximum Gasteiger partial charge on any atom is 0.255 e. The van der Waals surface area contributed by atoms with Gasteiger partial charge in [0.25, 0.3) is 11.8 Å².